The lowest BCUT2D eigenvalue weighted by molar-refractivity contribution is 0.0782. The van der Waals surface area contributed by atoms with Crippen LogP contribution < -0.4 is 14.2 Å². The van der Waals surface area contributed by atoms with Gasteiger partial charge in [0.2, 0.25) is 0 Å². The maximum absolute atomic E-state index is 13.0. The molecule has 2 aromatic rings. The number of nitrogens with zero attached hydrogens (tertiary/aromatic N) is 2. The van der Waals surface area contributed by atoms with Crippen LogP contribution >= 0.6 is 0 Å². The van der Waals surface area contributed by atoms with Crippen molar-refractivity contribution in [1.82, 2.24) is 9.88 Å². The second kappa shape index (κ2) is 9.16. The van der Waals surface area contributed by atoms with Crippen LogP contribution in [0.2, 0.25) is 0 Å². The number of carbonyl (C=O) groups is 1. The zero-order chi connectivity index (χ0) is 21.0. The molecule has 0 N–H and O–H groups in total. The predicted octanol–water partition coefficient (Wildman–Crippen LogP) is 4.31. The van der Waals surface area contributed by atoms with Crippen LogP contribution in [0.1, 0.15) is 52.9 Å². The molecule has 0 aliphatic heterocycles. The van der Waals surface area contributed by atoms with E-state index in [9.17, 15) is 4.79 Å². The molecule has 0 unspecified atom stereocenters. The fraction of sp³-hybridized carbons (Fsp3) is 0.478. The van der Waals surface area contributed by atoms with Gasteiger partial charge >= 0.3 is 0 Å². The van der Waals surface area contributed by atoms with E-state index < -0.39 is 0 Å². The van der Waals surface area contributed by atoms with Crippen molar-refractivity contribution in [3.63, 3.8) is 0 Å². The second-order valence-electron chi connectivity index (χ2n) is 7.60. The standard InChI is InChI=1S/C23H30N2O4/c1-15-13-24-19(16(2)22(15)28-5)14-25(3)23(26)17-10-11-20(21(12-17)27-4)29-18-8-6-7-9-18/h10-13,18H,6-9,14H2,1-5H3. The molecule has 1 aliphatic rings. The third kappa shape index (κ3) is 4.63. The van der Waals surface area contributed by atoms with Gasteiger partial charge in [0.15, 0.2) is 11.5 Å². The van der Waals surface area contributed by atoms with Crippen molar-refractivity contribution in [2.75, 3.05) is 21.3 Å². The Bertz CT molecular complexity index is 875. The van der Waals surface area contributed by atoms with Crippen molar-refractivity contribution in [2.45, 2.75) is 52.2 Å². The van der Waals surface area contributed by atoms with Crippen molar-refractivity contribution in [3.8, 4) is 17.2 Å². The number of ether oxygens (including phenoxy) is 3. The average molecular weight is 399 g/mol. The number of amides is 1. The molecule has 6 heteroatoms. The number of benzene rings is 1. The van der Waals surface area contributed by atoms with Crippen LogP contribution in [0.25, 0.3) is 0 Å². The number of pyridine rings is 1. The normalized spacial score (nSPS) is 14.0. The molecule has 0 atom stereocenters. The zero-order valence-electron chi connectivity index (χ0n) is 17.9. The van der Waals surface area contributed by atoms with Crippen molar-refractivity contribution in [3.05, 3.63) is 46.8 Å². The number of aryl methyl sites for hydroxylation is 1. The Labute approximate surface area is 172 Å². The van der Waals surface area contributed by atoms with Crippen LogP contribution in [0.15, 0.2) is 24.4 Å². The highest BCUT2D eigenvalue weighted by Crippen LogP contribution is 2.33. The molecule has 1 heterocycles. The van der Waals surface area contributed by atoms with E-state index >= 15 is 0 Å². The summed E-state index contributed by atoms with van der Waals surface area (Å²) in [5, 5.41) is 0. The molecule has 29 heavy (non-hydrogen) atoms. The maximum atomic E-state index is 13.0. The summed E-state index contributed by atoms with van der Waals surface area (Å²) in [5.41, 5.74) is 3.30. The quantitative estimate of drug-likeness (QED) is 0.696. The molecule has 0 saturated heterocycles. The number of rotatable bonds is 7. The lowest BCUT2D eigenvalue weighted by Crippen LogP contribution is -2.27. The van der Waals surface area contributed by atoms with Crippen molar-refractivity contribution >= 4 is 5.91 Å². The van der Waals surface area contributed by atoms with Gasteiger partial charge in [-0.2, -0.15) is 0 Å². The molecule has 3 rings (SSSR count). The van der Waals surface area contributed by atoms with Crippen LogP contribution in [-0.4, -0.2) is 43.2 Å². The Hall–Kier alpha value is -2.76. The topological polar surface area (TPSA) is 60.9 Å². The number of methoxy groups -OCH3 is 2. The SMILES string of the molecule is COc1cc(C(=O)N(C)Cc2ncc(C)c(OC)c2C)ccc1OC1CCCC1. The van der Waals surface area contributed by atoms with E-state index in [0.717, 1.165) is 35.4 Å². The van der Waals surface area contributed by atoms with Crippen LogP contribution in [-0.2, 0) is 6.54 Å². The summed E-state index contributed by atoms with van der Waals surface area (Å²) in [4.78, 5) is 19.1. The van der Waals surface area contributed by atoms with Gasteiger partial charge in [-0.15, -0.1) is 0 Å². The zero-order valence-corrected chi connectivity index (χ0v) is 17.9. The lowest BCUT2D eigenvalue weighted by atomic mass is 10.1. The number of hydrogen-bond acceptors (Lipinski definition) is 5. The van der Waals surface area contributed by atoms with Gasteiger partial charge in [-0.3, -0.25) is 9.78 Å². The minimum Gasteiger partial charge on any atom is -0.496 e. The third-order valence-corrected chi connectivity index (χ3v) is 5.49. The Kier molecular flexibility index (Phi) is 6.62. The summed E-state index contributed by atoms with van der Waals surface area (Å²) in [6, 6.07) is 5.37. The van der Waals surface area contributed by atoms with Gasteiger partial charge in [-0.1, -0.05) is 0 Å². The van der Waals surface area contributed by atoms with E-state index in [1.165, 1.54) is 12.8 Å². The van der Waals surface area contributed by atoms with Crippen molar-refractivity contribution in [1.29, 1.82) is 0 Å². The largest absolute Gasteiger partial charge is 0.496 e. The predicted molar refractivity (Wildman–Crippen MR) is 112 cm³/mol. The molecule has 1 aliphatic carbocycles. The van der Waals surface area contributed by atoms with Crippen molar-refractivity contribution < 1.29 is 19.0 Å². The van der Waals surface area contributed by atoms with E-state index in [4.69, 9.17) is 14.2 Å². The second-order valence-corrected chi connectivity index (χ2v) is 7.60. The molecule has 1 amide bonds. The molecule has 156 valence electrons. The monoisotopic (exact) mass is 398 g/mol. The number of aromatic nitrogens is 1. The van der Waals surface area contributed by atoms with Gasteiger partial charge in [-0.25, -0.2) is 0 Å². The molecule has 1 saturated carbocycles. The average Bonchev–Trinajstić information content (AvgIpc) is 3.23. The molecule has 0 spiro atoms. The molecule has 1 aromatic heterocycles. The van der Waals surface area contributed by atoms with E-state index in [0.29, 0.717) is 23.6 Å². The first-order valence-corrected chi connectivity index (χ1v) is 10.0. The first-order chi connectivity index (χ1) is 13.9. The highest BCUT2D eigenvalue weighted by molar-refractivity contribution is 5.94. The minimum atomic E-state index is -0.101. The molecular weight excluding hydrogens is 368 g/mol. The molecule has 0 bridgehead atoms. The Morgan fingerprint density at radius 2 is 1.86 bits per heavy atom. The highest BCUT2D eigenvalue weighted by atomic mass is 16.5. The highest BCUT2D eigenvalue weighted by Gasteiger charge is 2.21. The van der Waals surface area contributed by atoms with Gasteiger partial charge in [0.05, 0.1) is 32.6 Å². The van der Waals surface area contributed by atoms with Gasteiger partial charge < -0.3 is 19.1 Å². The number of carbonyl (C=O) groups excluding carboxylic acids is 1. The summed E-state index contributed by atoms with van der Waals surface area (Å²) in [7, 11) is 5.02. The summed E-state index contributed by atoms with van der Waals surface area (Å²) < 4.78 is 17.0. The molecule has 1 fully saturated rings. The van der Waals surface area contributed by atoms with E-state index in [1.807, 2.05) is 19.9 Å². The van der Waals surface area contributed by atoms with Crippen LogP contribution in [0.3, 0.4) is 0 Å². The first kappa shape index (κ1) is 21.0. The lowest BCUT2D eigenvalue weighted by Gasteiger charge is -2.21. The van der Waals surface area contributed by atoms with Crippen molar-refractivity contribution in [2.24, 2.45) is 0 Å². The number of hydrogen-bond donors (Lipinski definition) is 0. The summed E-state index contributed by atoms with van der Waals surface area (Å²) >= 11 is 0. The van der Waals surface area contributed by atoms with Crippen LogP contribution in [0.5, 0.6) is 17.2 Å². The third-order valence-electron chi connectivity index (χ3n) is 5.49. The maximum Gasteiger partial charge on any atom is 0.254 e. The molecular formula is C23H30N2O4. The van der Waals surface area contributed by atoms with Gasteiger partial charge in [0.1, 0.15) is 5.75 Å². The van der Waals surface area contributed by atoms with Gasteiger partial charge in [0.25, 0.3) is 5.91 Å². The Morgan fingerprint density at radius 1 is 1.14 bits per heavy atom. The fourth-order valence-corrected chi connectivity index (χ4v) is 3.83. The summed E-state index contributed by atoms with van der Waals surface area (Å²) in [6.07, 6.45) is 6.55. The molecule has 0 radical (unpaired) electrons. The Morgan fingerprint density at radius 3 is 2.52 bits per heavy atom. The van der Waals surface area contributed by atoms with E-state index in [-0.39, 0.29) is 12.0 Å². The van der Waals surface area contributed by atoms with E-state index in [1.54, 1.807) is 44.5 Å². The summed E-state index contributed by atoms with van der Waals surface area (Å²) in [6.45, 7) is 4.31. The van der Waals surface area contributed by atoms with Crippen LogP contribution in [0, 0.1) is 13.8 Å². The Balaban J connectivity index is 1.75. The fourth-order valence-electron chi connectivity index (χ4n) is 3.83. The van der Waals surface area contributed by atoms with Gasteiger partial charge in [-0.05, 0) is 57.7 Å². The first-order valence-electron chi connectivity index (χ1n) is 10.0. The minimum absolute atomic E-state index is 0.101. The molecule has 6 nitrogen and oxygen atoms in total. The summed E-state index contributed by atoms with van der Waals surface area (Å²) in [5.74, 6) is 1.99. The smallest absolute Gasteiger partial charge is 0.254 e. The van der Waals surface area contributed by atoms with Crippen LogP contribution in [0.4, 0.5) is 0 Å². The van der Waals surface area contributed by atoms with E-state index in [2.05, 4.69) is 4.98 Å². The van der Waals surface area contributed by atoms with Gasteiger partial charge in [0, 0.05) is 29.9 Å². The molecule has 1 aromatic carbocycles.